The second-order valence-corrected chi connectivity index (χ2v) is 8.09. The third-order valence-corrected chi connectivity index (χ3v) is 5.83. The van der Waals surface area contributed by atoms with E-state index in [0.29, 0.717) is 6.42 Å². The number of amides is 1. The standard InChI is InChI=1S/C18H21N3O3S/c1-21-17(22)11-16(18(21)15-7-9-19-10-8-15)12-20-25(23,24)13-14-5-3-2-4-6-14/h2-10,16,18,20H,11-13H2,1H3/t16-,18-/m0/s1. The lowest BCUT2D eigenvalue weighted by Gasteiger charge is -2.25. The molecule has 0 spiro atoms. The Kier molecular flexibility index (Phi) is 5.15. The van der Waals surface area contributed by atoms with Crippen LogP contribution in [0.5, 0.6) is 0 Å². The predicted molar refractivity (Wildman–Crippen MR) is 94.9 cm³/mol. The lowest BCUT2D eigenvalue weighted by Crippen LogP contribution is -2.33. The lowest BCUT2D eigenvalue weighted by molar-refractivity contribution is -0.127. The zero-order chi connectivity index (χ0) is 17.9. The van der Waals surface area contributed by atoms with Crippen molar-refractivity contribution in [3.63, 3.8) is 0 Å². The Balaban J connectivity index is 1.70. The normalized spacial score (nSPS) is 20.8. The molecule has 1 fully saturated rings. The Labute approximate surface area is 147 Å². The molecule has 2 atom stereocenters. The van der Waals surface area contributed by atoms with Crippen molar-refractivity contribution < 1.29 is 13.2 Å². The smallest absolute Gasteiger partial charge is 0.223 e. The number of pyridine rings is 1. The Bertz CT molecular complexity index is 825. The van der Waals surface area contributed by atoms with Gasteiger partial charge in [0, 0.05) is 38.3 Å². The second-order valence-electron chi connectivity index (χ2n) is 6.29. The fourth-order valence-corrected chi connectivity index (χ4v) is 4.47. The number of nitrogens with zero attached hydrogens (tertiary/aromatic N) is 2. The summed E-state index contributed by atoms with van der Waals surface area (Å²) >= 11 is 0. The van der Waals surface area contributed by atoms with Crippen molar-refractivity contribution in [2.24, 2.45) is 5.92 Å². The van der Waals surface area contributed by atoms with E-state index in [9.17, 15) is 13.2 Å². The number of benzene rings is 1. The van der Waals surface area contributed by atoms with Crippen LogP contribution in [-0.4, -0.2) is 37.8 Å². The highest BCUT2D eigenvalue weighted by Gasteiger charge is 2.38. The summed E-state index contributed by atoms with van der Waals surface area (Å²) in [7, 11) is -1.70. The molecule has 0 radical (unpaired) electrons. The van der Waals surface area contributed by atoms with E-state index in [1.165, 1.54) is 0 Å². The van der Waals surface area contributed by atoms with Crippen LogP contribution in [0.3, 0.4) is 0 Å². The number of carbonyl (C=O) groups is 1. The summed E-state index contributed by atoms with van der Waals surface area (Å²) in [5, 5.41) is 0. The molecular weight excluding hydrogens is 338 g/mol. The third kappa shape index (κ3) is 4.24. The van der Waals surface area contributed by atoms with Crippen molar-refractivity contribution in [3.8, 4) is 0 Å². The highest BCUT2D eigenvalue weighted by Crippen LogP contribution is 2.36. The van der Waals surface area contributed by atoms with Gasteiger partial charge in [-0.1, -0.05) is 30.3 Å². The molecule has 1 aromatic carbocycles. The summed E-state index contributed by atoms with van der Waals surface area (Å²) in [6.07, 6.45) is 3.70. The van der Waals surface area contributed by atoms with Crippen LogP contribution in [0.2, 0.25) is 0 Å². The number of sulfonamides is 1. The molecule has 0 saturated carbocycles. The van der Waals surface area contributed by atoms with Crippen LogP contribution in [0.15, 0.2) is 54.9 Å². The van der Waals surface area contributed by atoms with E-state index < -0.39 is 10.0 Å². The minimum absolute atomic E-state index is 0.0223. The van der Waals surface area contributed by atoms with Crippen LogP contribution < -0.4 is 4.72 Å². The van der Waals surface area contributed by atoms with Gasteiger partial charge in [0.15, 0.2) is 0 Å². The molecule has 1 amide bonds. The van der Waals surface area contributed by atoms with Gasteiger partial charge in [-0.05, 0) is 23.3 Å². The number of carbonyl (C=O) groups excluding carboxylic acids is 1. The van der Waals surface area contributed by atoms with Crippen molar-refractivity contribution >= 4 is 15.9 Å². The van der Waals surface area contributed by atoms with Crippen LogP contribution in [0, 0.1) is 5.92 Å². The van der Waals surface area contributed by atoms with Crippen LogP contribution in [0.4, 0.5) is 0 Å². The largest absolute Gasteiger partial charge is 0.338 e. The molecule has 1 aromatic heterocycles. The summed E-state index contributed by atoms with van der Waals surface area (Å²) < 4.78 is 27.4. The average molecular weight is 359 g/mol. The highest BCUT2D eigenvalue weighted by molar-refractivity contribution is 7.88. The Morgan fingerprint density at radius 3 is 2.52 bits per heavy atom. The molecule has 1 aliphatic heterocycles. The molecule has 2 heterocycles. The molecular formula is C18H21N3O3S. The molecule has 1 saturated heterocycles. The minimum Gasteiger partial charge on any atom is -0.338 e. The van der Waals surface area contributed by atoms with E-state index in [2.05, 4.69) is 9.71 Å². The van der Waals surface area contributed by atoms with E-state index in [4.69, 9.17) is 0 Å². The fraction of sp³-hybridized carbons (Fsp3) is 0.333. The molecule has 6 nitrogen and oxygen atoms in total. The number of aromatic nitrogens is 1. The Hall–Kier alpha value is -2.25. The molecule has 25 heavy (non-hydrogen) atoms. The summed E-state index contributed by atoms with van der Waals surface area (Å²) in [6, 6.07) is 12.6. The average Bonchev–Trinajstić information content (AvgIpc) is 2.89. The van der Waals surface area contributed by atoms with E-state index >= 15 is 0 Å². The maximum Gasteiger partial charge on any atom is 0.223 e. The zero-order valence-electron chi connectivity index (χ0n) is 14.0. The molecule has 1 N–H and O–H groups in total. The van der Waals surface area contributed by atoms with Crippen molar-refractivity contribution in [2.75, 3.05) is 13.6 Å². The van der Waals surface area contributed by atoms with Crippen molar-refractivity contribution in [1.82, 2.24) is 14.6 Å². The highest BCUT2D eigenvalue weighted by atomic mass is 32.2. The maximum absolute atomic E-state index is 12.3. The number of hydrogen-bond donors (Lipinski definition) is 1. The maximum atomic E-state index is 12.3. The van der Waals surface area contributed by atoms with Crippen molar-refractivity contribution in [1.29, 1.82) is 0 Å². The number of rotatable bonds is 6. The van der Waals surface area contributed by atoms with Crippen molar-refractivity contribution in [2.45, 2.75) is 18.2 Å². The van der Waals surface area contributed by atoms with Crippen LogP contribution >= 0.6 is 0 Å². The zero-order valence-corrected chi connectivity index (χ0v) is 14.8. The molecule has 0 unspecified atom stereocenters. The SMILES string of the molecule is CN1C(=O)C[C@@H](CNS(=O)(=O)Cc2ccccc2)[C@@H]1c1ccncc1. The molecule has 2 aromatic rings. The quantitative estimate of drug-likeness (QED) is 0.852. The van der Waals surface area contributed by atoms with Gasteiger partial charge in [0.25, 0.3) is 0 Å². The topological polar surface area (TPSA) is 79.4 Å². The first-order valence-corrected chi connectivity index (χ1v) is 9.78. The minimum atomic E-state index is -3.45. The van der Waals surface area contributed by atoms with Crippen LogP contribution in [-0.2, 0) is 20.6 Å². The van der Waals surface area contributed by atoms with E-state index in [1.807, 2.05) is 30.3 Å². The van der Waals surface area contributed by atoms with Crippen LogP contribution in [0.1, 0.15) is 23.6 Å². The predicted octanol–water partition coefficient (Wildman–Crippen LogP) is 1.72. The van der Waals surface area contributed by atoms with Gasteiger partial charge in [0.1, 0.15) is 0 Å². The van der Waals surface area contributed by atoms with E-state index in [-0.39, 0.29) is 30.2 Å². The van der Waals surface area contributed by atoms with Gasteiger partial charge < -0.3 is 4.90 Å². The summed E-state index contributed by atoms with van der Waals surface area (Å²) in [5.74, 6) is -0.149. The Morgan fingerprint density at radius 2 is 1.84 bits per heavy atom. The lowest BCUT2D eigenvalue weighted by atomic mass is 9.95. The summed E-state index contributed by atoms with van der Waals surface area (Å²) in [4.78, 5) is 17.8. The third-order valence-electron chi connectivity index (χ3n) is 4.51. The molecule has 0 aliphatic carbocycles. The molecule has 132 valence electrons. The first-order chi connectivity index (χ1) is 12.0. The molecule has 7 heteroatoms. The summed E-state index contributed by atoms with van der Waals surface area (Å²) in [5.41, 5.74) is 1.70. The first kappa shape index (κ1) is 17.6. The van der Waals surface area contributed by atoms with Crippen LogP contribution in [0.25, 0.3) is 0 Å². The number of likely N-dealkylation sites (tertiary alicyclic amines) is 1. The molecule has 1 aliphatic rings. The van der Waals surface area contributed by atoms with E-state index in [1.54, 1.807) is 36.5 Å². The fourth-order valence-electron chi connectivity index (χ4n) is 3.27. The molecule has 3 rings (SSSR count). The number of nitrogens with one attached hydrogen (secondary N) is 1. The van der Waals surface area contributed by atoms with Crippen molar-refractivity contribution in [3.05, 3.63) is 66.0 Å². The van der Waals surface area contributed by atoms with Gasteiger partial charge in [-0.3, -0.25) is 9.78 Å². The van der Waals surface area contributed by atoms with Gasteiger partial charge in [-0.25, -0.2) is 13.1 Å². The monoisotopic (exact) mass is 359 g/mol. The van der Waals surface area contributed by atoms with Gasteiger partial charge in [-0.15, -0.1) is 0 Å². The van der Waals surface area contributed by atoms with Gasteiger partial charge in [-0.2, -0.15) is 0 Å². The van der Waals surface area contributed by atoms with Gasteiger partial charge in [0.2, 0.25) is 15.9 Å². The van der Waals surface area contributed by atoms with Gasteiger partial charge in [0.05, 0.1) is 11.8 Å². The molecule has 0 bridgehead atoms. The Morgan fingerprint density at radius 1 is 1.16 bits per heavy atom. The number of hydrogen-bond acceptors (Lipinski definition) is 4. The van der Waals surface area contributed by atoms with Gasteiger partial charge >= 0.3 is 0 Å². The summed E-state index contributed by atoms with van der Waals surface area (Å²) in [6.45, 7) is 0.234. The first-order valence-electron chi connectivity index (χ1n) is 8.13. The second kappa shape index (κ2) is 7.33. The van der Waals surface area contributed by atoms with E-state index in [0.717, 1.165) is 11.1 Å².